The van der Waals surface area contributed by atoms with Crippen LogP contribution in [0.3, 0.4) is 0 Å². The van der Waals surface area contributed by atoms with E-state index >= 15 is 0 Å². The highest BCUT2D eigenvalue weighted by molar-refractivity contribution is 5.62. The quantitative estimate of drug-likeness (QED) is 0.860. The maximum absolute atomic E-state index is 6.17. The first-order chi connectivity index (χ1) is 10.1. The molecule has 1 aliphatic rings. The number of fused-ring (bicyclic) bond motifs is 1. The van der Waals surface area contributed by atoms with Crippen LogP contribution < -0.4 is 10.6 Å². The third kappa shape index (κ3) is 2.84. The van der Waals surface area contributed by atoms with E-state index < -0.39 is 0 Å². The highest BCUT2D eigenvalue weighted by Gasteiger charge is 2.15. The summed E-state index contributed by atoms with van der Waals surface area (Å²) in [5.74, 6) is 1.41. The molecule has 110 valence electrons. The molecule has 4 nitrogen and oxygen atoms in total. The van der Waals surface area contributed by atoms with Crippen molar-refractivity contribution in [3.63, 3.8) is 0 Å². The monoisotopic (exact) mass is 282 g/mol. The molecule has 4 heteroatoms. The third-order valence-corrected chi connectivity index (χ3v) is 4.11. The molecule has 0 fully saturated rings. The Hall–Kier alpha value is -2.10. The van der Waals surface area contributed by atoms with E-state index in [9.17, 15) is 0 Å². The van der Waals surface area contributed by atoms with Crippen LogP contribution in [0, 0.1) is 0 Å². The Kier molecular flexibility index (Phi) is 3.78. The number of aromatic nitrogens is 2. The van der Waals surface area contributed by atoms with Crippen molar-refractivity contribution in [3.8, 4) is 11.4 Å². The average Bonchev–Trinajstić information content (AvgIpc) is 2.73. The van der Waals surface area contributed by atoms with Gasteiger partial charge in [-0.25, -0.2) is 9.97 Å². The van der Waals surface area contributed by atoms with Crippen molar-refractivity contribution in [3.05, 3.63) is 35.5 Å². The van der Waals surface area contributed by atoms with Crippen LogP contribution in [-0.4, -0.2) is 24.1 Å². The summed E-state index contributed by atoms with van der Waals surface area (Å²) < 4.78 is 0. The van der Waals surface area contributed by atoms with Gasteiger partial charge in [0.05, 0.1) is 0 Å². The lowest BCUT2D eigenvalue weighted by molar-refractivity contribution is 0.709. The van der Waals surface area contributed by atoms with Crippen molar-refractivity contribution in [2.45, 2.75) is 32.1 Å². The number of nitrogens with two attached hydrogens (primary N) is 1. The van der Waals surface area contributed by atoms with E-state index in [0.29, 0.717) is 5.82 Å². The van der Waals surface area contributed by atoms with Gasteiger partial charge in [-0.2, -0.15) is 0 Å². The molecule has 3 rings (SSSR count). The Morgan fingerprint density at radius 2 is 1.67 bits per heavy atom. The molecule has 1 aromatic carbocycles. The normalized spacial score (nSPS) is 14.4. The Morgan fingerprint density at radius 1 is 0.952 bits per heavy atom. The summed E-state index contributed by atoms with van der Waals surface area (Å²) in [4.78, 5) is 11.4. The van der Waals surface area contributed by atoms with Gasteiger partial charge in [-0.3, -0.25) is 0 Å². The molecule has 0 saturated heterocycles. The number of anilines is 2. The predicted octanol–water partition coefficient (Wildman–Crippen LogP) is 3.06. The number of rotatable bonds is 2. The van der Waals surface area contributed by atoms with Crippen LogP contribution in [-0.2, 0) is 12.8 Å². The Labute approximate surface area is 126 Å². The van der Waals surface area contributed by atoms with Crippen LogP contribution in [0.4, 0.5) is 11.5 Å². The summed E-state index contributed by atoms with van der Waals surface area (Å²) in [5.41, 5.74) is 10.7. The number of nitrogens with zero attached hydrogens (tertiary/aromatic N) is 3. The Morgan fingerprint density at radius 3 is 2.38 bits per heavy atom. The van der Waals surface area contributed by atoms with Crippen LogP contribution in [0.2, 0.25) is 0 Å². The second-order valence-corrected chi connectivity index (χ2v) is 5.86. The topological polar surface area (TPSA) is 55.0 Å². The molecule has 0 unspecified atom stereocenters. The van der Waals surface area contributed by atoms with Crippen LogP contribution in [0.5, 0.6) is 0 Å². The van der Waals surface area contributed by atoms with E-state index in [0.717, 1.165) is 29.9 Å². The average molecular weight is 282 g/mol. The molecular weight excluding hydrogens is 260 g/mol. The van der Waals surface area contributed by atoms with Crippen LogP contribution in [0.25, 0.3) is 11.4 Å². The van der Waals surface area contributed by atoms with Gasteiger partial charge in [-0.1, -0.05) is 6.42 Å². The summed E-state index contributed by atoms with van der Waals surface area (Å²) in [6.45, 7) is 0. The summed E-state index contributed by atoms with van der Waals surface area (Å²) >= 11 is 0. The van der Waals surface area contributed by atoms with Crippen LogP contribution >= 0.6 is 0 Å². The first-order valence-electron chi connectivity index (χ1n) is 7.58. The molecule has 1 aliphatic carbocycles. The first-order valence-corrected chi connectivity index (χ1v) is 7.58. The highest BCUT2D eigenvalue weighted by Crippen LogP contribution is 2.27. The first kappa shape index (κ1) is 13.9. The van der Waals surface area contributed by atoms with Crippen molar-refractivity contribution < 1.29 is 0 Å². The van der Waals surface area contributed by atoms with E-state index in [1.165, 1.54) is 30.5 Å². The van der Waals surface area contributed by atoms with E-state index in [4.69, 9.17) is 10.7 Å². The zero-order chi connectivity index (χ0) is 14.8. The minimum absolute atomic E-state index is 0.661. The second kappa shape index (κ2) is 5.72. The molecule has 0 amide bonds. The number of aryl methyl sites for hydroxylation is 1. The van der Waals surface area contributed by atoms with Gasteiger partial charge in [-0.15, -0.1) is 0 Å². The van der Waals surface area contributed by atoms with Gasteiger partial charge >= 0.3 is 0 Å². The lowest BCUT2D eigenvalue weighted by Gasteiger charge is -2.13. The molecule has 21 heavy (non-hydrogen) atoms. The number of benzene rings is 1. The SMILES string of the molecule is CN(C)c1ccc(-c2nc(N)c3c(n2)CCCCC3)cc1. The largest absolute Gasteiger partial charge is 0.383 e. The summed E-state index contributed by atoms with van der Waals surface area (Å²) in [7, 11) is 4.07. The van der Waals surface area contributed by atoms with Crippen LogP contribution in [0.1, 0.15) is 30.5 Å². The van der Waals surface area contributed by atoms with Gasteiger partial charge in [0.15, 0.2) is 5.82 Å². The standard InChI is InChI=1S/C17H22N4/c1-21(2)13-10-8-12(9-11-13)17-19-15-7-5-3-4-6-14(15)16(18)20-17/h8-11H,3-7H2,1-2H3,(H2,18,19,20). The van der Waals surface area contributed by atoms with Gasteiger partial charge in [0.25, 0.3) is 0 Å². The lowest BCUT2D eigenvalue weighted by atomic mass is 10.1. The van der Waals surface area contributed by atoms with Gasteiger partial charge in [0.2, 0.25) is 0 Å². The van der Waals surface area contributed by atoms with Gasteiger partial charge < -0.3 is 10.6 Å². The van der Waals surface area contributed by atoms with Crippen molar-refractivity contribution >= 4 is 11.5 Å². The van der Waals surface area contributed by atoms with Crippen molar-refractivity contribution in [1.29, 1.82) is 0 Å². The Bertz CT molecular complexity index is 632. The number of hydrogen-bond acceptors (Lipinski definition) is 4. The maximum atomic E-state index is 6.17. The zero-order valence-corrected chi connectivity index (χ0v) is 12.8. The molecule has 0 aliphatic heterocycles. The fourth-order valence-corrected chi connectivity index (χ4v) is 2.84. The molecule has 0 atom stereocenters. The molecule has 2 aromatic rings. The maximum Gasteiger partial charge on any atom is 0.161 e. The lowest BCUT2D eigenvalue weighted by Crippen LogP contribution is -2.08. The molecular formula is C17H22N4. The van der Waals surface area contributed by atoms with E-state index in [2.05, 4.69) is 34.1 Å². The number of nitrogen functional groups attached to an aromatic ring is 1. The van der Waals surface area contributed by atoms with Gasteiger partial charge in [0, 0.05) is 36.6 Å². The smallest absolute Gasteiger partial charge is 0.161 e. The molecule has 0 radical (unpaired) electrons. The minimum atomic E-state index is 0.661. The fourth-order valence-electron chi connectivity index (χ4n) is 2.84. The number of hydrogen-bond donors (Lipinski definition) is 1. The molecule has 1 aromatic heterocycles. The summed E-state index contributed by atoms with van der Waals surface area (Å²) in [5, 5.41) is 0. The molecule has 1 heterocycles. The highest BCUT2D eigenvalue weighted by atomic mass is 15.1. The molecule has 0 spiro atoms. The molecule has 2 N–H and O–H groups in total. The van der Waals surface area contributed by atoms with E-state index in [-0.39, 0.29) is 0 Å². The third-order valence-electron chi connectivity index (χ3n) is 4.11. The molecule has 0 bridgehead atoms. The summed E-state index contributed by atoms with van der Waals surface area (Å²) in [6.07, 6.45) is 5.68. The second-order valence-electron chi connectivity index (χ2n) is 5.86. The molecule has 0 saturated carbocycles. The van der Waals surface area contributed by atoms with E-state index in [1.807, 2.05) is 14.1 Å². The van der Waals surface area contributed by atoms with Crippen molar-refractivity contribution in [1.82, 2.24) is 9.97 Å². The Balaban J connectivity index is 1.99. The predicted molar refractivity (Wildman–Crippen MR) is 87.5 cm³/mol. The minimum Gasteiger partial charge on any atom is -0.383 e. The summed E-state index contributed by atoms with van der Waals surface area (Å²) in [6, 6.07) is 8.29. The van der Waals surface area contributed by atoms with Gasteiger partial charge in [0.1, 0.15) is 5.82 Å². The van der Waals surface area contributed by atoms with E-state index in [1.54, 1.807) is 0 Å². The zero-order valence-electron chi connectivity index (χ0n) is 12.8. The van der Waals surface area contributed by atoms with Crippen molar-refractivity contribution in [2.75, 3.05) is 24.7 Å². The van der Waals surface area contributed by atoms with Gasteiger partial charge in [-0.05, 0) is 49.9 Å². The van der Waals surface area contributed by atoms with Crippen molar-refractivity contribution in [2.24, 2.45) is 0 Å². The fraction of sp³-hybridized carbons (Fsp3) is 0.412. The van der Waals surface area contributed by atoms with Crippen LogP contribution in [0.15, 0.2) is 24.3 Å².